The summed E-state index contributed by atoms with van der Waals surface area (Å²) in [6.45, 7) is 0. The summed E-state index contributed by atoms with van der Waals surface area (Å²) in [5.41, 5.74) is 5.33. The first-order valence-electron chi connectivity index (χ1n) is 8.92. The van der Waals surface area contributed by atoms with Crippen molar-refractivity contribution >= 4 is 27.4 Å². The molecule has 0 amide bonds. The number of hydrogen-bond donors (Lipinski definition) is 1. The summed E-state index contributed by atoms with van der Waals surface area (Å²) in [6, 6.07) is 16.0. The van der Waals surface area contributed by atoms with Gasteiger partial charge >= 0.3 is 0 Å². The van der Waals surface area contributed by atoms with Crippen LogP contribution in [0.25, 0.3) is 11.6 Å². The lowest BCUT2D eigenvalue weighted by atomic mass is 9.93. The molecule has 1 heterocycles. The normalized spacial score (nSPS) is 14.9. The monoisotopic (exact) mass is 394 g/mol. The molecule has 4 nitrogen and oxygen atoms in total. The van der Waals surface area contributed by atoms with Gasteiger partial charge in [-0.05, 0) is 59.9 Å². The van der Waals surface area contributed by atoms with E-state index in [1.54, 1.807) is 30.5 Å². The highest BCUT2D eigenvalue weighted by molar-refractivity contribution is 7.92. The molecule has 1 N–H and O–H groups in total. The SMILES string of the molecule is CS(=O)(=O)Nc1cccc(C=C2c3cccnc3CCc3cccc(F)c32)c1. The standard InChI is InChI=1S/C22H19FN2O2S/c1-28(26,27)25-17-7-2-5-15(13-17)14-19-18-8-4-12-24-21(18)11-10-16-6-3-9-20(23)22(16)19/h2-9,12-14,25H,10-11H2,1H3. The zero-order chi connectivity index (χ0) is 19.7. The molecule has 0 radical (unpaired) electrons. The summed E-state index contributed by atoms with van der Waals surface area (Å²) < 4.78 is 40.4. The van der Waals surface area contributed by atoms with E-state index in [-0.39, 0.29) is 5.82 Å². The minimum absolute atomic E-state index is 0.272. The van der Waals surface area contributed by atoms with E-state index < -0.39 is 10.0 Å². The fraction of sp³-hybridized carbons (Fsp3) is 0.136. The van der Waals surface area contributed by atoms with Crippen molar-refractivity contribution in [2.45, 2.75) is 12.8 Å². The molecule has 0 fully saturated rings. The first kappa shape index (κ1) is 18.4. The van der Waals surface area contributed by atoms with Crippen LogP contribution in [0.3, 0.4) is 0 Å². The fourth-order valence-corrected chi connectivity index (χ4v) is 4.13. The van der Waals surface area contributed by atoms with E-state index in [1.807, 2.05) is 30.3 Å². The van der Waals surface area contributed by atoms with Crippen molar-refractivity contribution in [3.8, 4) is 0 Å². The van der Waals surface area contributed by atoms with E-state index in [0.717, 1.165) is 40.6 Å². The van der Waals surface area contributed by atoms with E-state index in [1.165, 1.54) is 6.07 Å². The van der Waals surface area contributed by atoms with Crippen LogP contribution in [0.4, 0.5) is 10.1 Å². The lowest BCUT2D eigenvalue weighted by Gasteiger charge is -2.13. The number of sulfonamides is 1. The predicted octanol–water partition coefficient (Wildman–Crippen LogP) is 4.28. The molecule has 0 bridgehead atoms. The summed E-state index contributed by atoms with van der Waals surface area (Å²) in [6.07, 6.45) is 6.20. The van der Waals surface area contributed by atoms with Gasteiger partial charge in [-0.2, -0.15) is 0 Å². The number of nitrogens with one attached hydrogen (secondary N) is 1. The third kappa shape index (κ3) is 3.82. The average Bonchev–Trinajstić information content (AvgIpc) is 2.79. The molecule has 0 atom stereocenters. The first-order valence-corrected chi connectivity index (χ1v) is 10.8. The summed E-state index contributed by atoms with van der Waals surface area (Å²) >= 11 is 0. The van der Waals surface area contributed by atoms with Crippen molar-refractivity contribution in [2.75, 3.05) is 11.0 Å². The van der Waals surface area contributed by atoms with Gasteiger partial charge in [-0.1, -0.05) is 30.3 Å². The number of nitrogens with zero attached hydrogens (tertiary/aromatic N) is 1. The van der Waals surface area contributed by atoms with Gasteiger partial charge in [0.15, 0.2) is 0 Å². The van der Waals surface area contributed by atoms with E-state index >= 15 is 0 Å². The molecule has 0 saturated carbocycles. The Morgan fingerprint density at radius 3 is 2.71 bits per heavy atom. The highest BCUT2D eigenvalue weighted by Crippen LogP contribution is 2.36. The molecule has 6 heteroatoms. The molecular formula is C22H19FN2O2S. The van der Waals surface area contributed by atoms with Gasteiger partial charge in [0.25, 0.3) is 0 Å². The maximum absolute atomic E-state index is 14.8. The molecule has 4 rings (SSSR count). The zero-order valence-electron chi connectivity index (χ0n) is 15.3. The molecule has 0 spiro atoms. The van der Waals surface area contributed by atoms with Gasteiger partial charge < -0.3 is 0 Å². The molecule has 0 unspecified atom stereocenters. The van der Waals surface area contributed by atoms with Crippen LogP contribution in [-0.2, 0) is 22.9 Å². The third-order valence-corrected chi connectivity index (χ3v) is 5.29. The zero-order valence-corrected chi connectivity index (χ0v) is 16.1. The van der Waals surface area contributed by atoms with Crippen molar-refractivity contribution in [3.05, 3.63) is 94.6 Å². The molecule has 1 aliphatic rings. The number of aryl methyl sites for hydroxylation is 2. The number of fused-ring (bicyclic) bond motifs is 2. The van der Waals surface area contributed by atoms with Crippen LogP contribution in [0, 0.1) is 5.82 Å². The highest BCUT2D eigenvalue weighted by atomic mass is 32.2. The smallest absolute Gasteiger partial charge is 0.229 e. The van der Waals surface area contributed by atoms with Crippen molar-refractivity contribution in [3.63, 3.8) is 0 Å². The summed E-state index contributed by atoms with van der Waals surface area (Å²) in [4.78, 5) is 4.49. The van der Waals surface area contributed by atoms with Crippen LogP contribution >= 0.6 is 0 Å². The van der Waals surface area contributed by atoms with Crippen LogP contribution in [-0.4, -0.2) is 19.7 Å². The number of halogens is 1. The average molecular weight is 394 g/mol. The van der Waals surface area contributed by atoms with Gasteiger partial charge in [-0.25, -0.2) is 12.8 Å². The lowest BCUT2D eigenvalue weighted by Crippen LogP contribution is -2.09. The van der Waals surface area contributed by atoms with Gasteiger partial charge in [-0.3, -0.25) is 9.71 Å². The Kier molecular flexibility index (Phi) is 4.73. The van der Waals surface area contributed by atoms with E-state index in [0.29, 0.717) is 17.7 Å². The maximum atomic E-state index is 14.8. The molecule has 28 heavy (non-hydrogen) atoms. The second kappa shape index (κ2) is 7.20. The van der Waals surface area contributed by atoms with Gasteiger partial charge in [0.05, 0.1) is 6.26 Å². The molecule has 0 aliphatic heterocycles. The Bertz CT molecular complexity index is 1190. The van der Waals surface area contributed by atoms with Gasteiger partial charge in [0, 0.05) is 28.7 Å². The second-order valence-corrected chi connectivity index (χ2v) is 8.58. The minimum atomic E-state index is -3.38. The van der Waals surface area contributed by atoms with E-state index in [4.69, 9.17) is 0 Å². The Labute approximate surface area is 163 Å². The summed E-state index contributed by atoms with van der Waals surface area (Å²) in [7, 11) is -3.38. The predicted molar refractivity (Wildman–Crippen MR) is 110 cm³/mol. The Morgan fingerprint density at radius 2 is 1.89 bits per heavy atom. The first-order chi connectivity index (χ1) is 13.4. The van der Waals surface area contributed by atoms with Crippen molar-refractivity contribution in [1.82, 2.24) is 4.98 Å². The van der Waals surface area contributed by atoms with E-state index in [2.05, 4.69) is 9.71 Å². The van der Waals surface area contributed by atoms with E-state index in [9.17, 15) is 12.8 Å². The Balaban J connectivity index is 1.91. The number of rotatable bonds is 3. The fourth-order valence-electron chi connectivity index (χ4n) is 3.57. The molecule has 1 aromatic heterocycles. The lowest BCUT2D eigenvalue weighted by molar-refractivity contribution is 0.607. The molecular weight excluding hydrogens is 375 g/mol. The number of pyridine rings is 1. The Hall–Kier alpha value is -2.99. The molecule has 2 aromatic carbocycles. The maximum Gasteiger partial charge on any atom is 0.229 e. The number of anilines is 1. The largest absolute Gasteiger partial charge is 0.284 e. The molecule has 3 aromatic rings. The summed E-state index contributed by atoms with van der Waals surface area (Å²) in [5.74, 6) is -0.272. The number of benzene rings is 2. The van der Waals surface area contributed by atoms with Gasteiger partial charge in [0.1, 0.15) is 5.82 Å². The summed E-state index contributed by atoms with van der Waals surface area (Å²) in [5, 5.41) is 0. The van der Waals surface area contributed by atoms with Crippen LogP contribution in [0.1, 0.15) is 27.9 Å². The quantitative estimate of drug-likeness (QED) is 0.721. The van der Waals surface area contributed by atoms with Gasteiger partial charge in [0.2, 0.25) is 10.0 Å². The minimum Gasteiger partial charge on any atom is -0.284 e. The molecule has 142 valence electrons. The second-order valence-electron chi connectivity index (χ2n) is 6.83. The van der Waals surface area contributed by atoms with Crippen molar-refractivity contribution in [2.24, 2.45) is 0 Å². The van der Waals surface area contributed by atoms with Crippen LogP contribution in [0.5, 0.6) is 0 Å². The van der Waals surface area contributed by atoms with Gasteiger partial charge in [-0.15, -0.1) is 0 Å². The molecule has 1 aliphatic carbocycles. The number of hydrogen-bond acceptors (Lipinski definition) is 3. The highest BCUT2D eigenvalue weighted by Gasteiger charge is 2.21. The van der Waals surface area contributed by atoms with Crippen LogP contribution in [0.15, 0.2) is 60.8 Å². The number of aromatic nitrogens is 1. The van der Waals surface area contributed by atoms with Crippen LogP contribution < -0.4 is 4.72 Å². The van der Waals surface area contributed by atoms with Crippen LogP contribution in [0.2, 0.25) is 0 Å². The topological polar surface area (TPSA) is 59.1 Å². The van der Waals surface area contributed by atoms with Crippen molar-refractivity contribution < 1.29 is 12.8 Å². The van der Waals surface area contributed by atoms with Crippen molar-refractivity contribution in [1.29, 1.82) is 0 Å². The molecule has 0 saturated heterocycles. The third-order valence-electron chi connectivity index (χ3n) is 4.68. The Morgan fingerprint density at radius 1 is 1.07 bits per heavy atom.